The molecule has 0 bridgehead atoms. The predicted octanol–water partition coefficient (Wildman–Crippen LogP) is -7.06. The third-order valence-corrected chi connectivity index (χ3v) is 11.8. The lowest BCUT2D eigenvalue weighted by Crippen LogP contribution is -2.61. The number of hydrogen-bond acceptors (Lipinski definition) is 24. The summed E-state index contributed by atoms with van der Waals surface area (Å²) in [4.78, 5) is 0. The topological polar surface area (TPSA) is 379 Å². The van der Waals surface area contributed by atoms with E-state index in [1.165, 1.54) is 26.4 Å². The fraction of sp³-hybridized carbons (Fsp3) is 0.818. The fourth-order valence-electron chi connectivity index (χ4n) is 7.35. The maximum atomic E-state index is 10.9. The van der Waals surface area contributed by atoms with E-state index >= 15 is 0 Å². The summed E-state index contributed by atoms with van der Waals surface area (Å²) in [6, 6.07) is 0. The van der Waals surface area contributed by atoms with E-state index in [9.17, 15) is 56.2 Å². The molecule has 0 aromatic carbocycles. The second-order valence-corrected chi connectivity index (χ2v) is 16.2. The molecule has 62 heavy (non-hydrogen) atoms. The van der Waals surface area contributed by atoms with Crippen molar-refractivity contribution in [2.75, 3.05) is 12.5 Å². The number of nitrogens with zero attached hydrogens (tertiary/aromatic N) is 9. The highest BCUT2D eigenvalue weighted by Gasteiger charge is 2.58. The quantitative estimate of drug-likeness (QED) is 0.0595. The molecular weight excluding hydrogens is 881 g/mol. The summed E-state index contributed by atoms with van der Waals surface area (Å²) in [6.07, 6.45) is -21.0. The van der Waals surface area contributed by atoms with Crippen molar-refractivity contribution in [2.24, 2.45) is 0 Å². The van der Waals surface area contributed by atoms with E-state index in [1.807, 2.05) is 0 Å². The van der Waals surface area contributed by atoms with Gasteiger partial charge in [-0.3, -0.25) is 0 Å². The van der Waals surface area contributed by atoms with Crippen LogP contribution in [-0.2, 0) is 66.0 Å². The zero-order valence-electron chi connectivity index (χ0n) is 32.6. The number of aliphatic hydroxyl groups excluding tert-OH is 11. The first-order valence-electron chi connectivity index (χ1n) is 19.3. The van der Waals surface area contributed by atoms with Gasteiger partial charge in [-0.1, -0.05) is 15.6 Å². The zero-order valence-corrected chi connectivity index (χ0v) is 34.1. The Kier molecular flexibility index (Phi) is 15.1. The van der Waals surface area contributed by atoms with Gasteiger partial charge in [-0.25, -0.2) is 14.0 Å². The molecule has 4 aliphatic rings. The van der Waals surface area contributed by atoms with E-state index in [4.69, 9.17) is 56.4 Å². The van der Waals surface area contributed by atoms with E-state index in [0.29, 0.717) is 5.69 Å². The van der Waals surface area contributed by atoms with Crippen LogP contribution in [0.1, 0.15) is 17.1 Å². The predicted molar refractivity (Wildman–Crippen MR) is 197 cm³/mol. The standard InChI is InChI=1S/C33H49Cl2N9O18/c1-12-2-42(39-36-12)5-15-20(46)24(50)27(53)30(58-15)56-9-13-3-43(40-37-13)6-16-21(47)25(51)28(54)31(59-16)57-10-14-4-44(41-38-14)7-17-22(48)29(55)33(11-34,61-17)62-32-26(52)23(49)19(35)18(8-45)60-32/h2-4,15-32,45-55H,5-11H2,1H3/t15?,16-,17-,18-,19+,20-,21-,22-,23+,24+,25+,26-,27+,28+,29+,30+,31+,32-,33?/m1/s1. The van der Waals surface area contributed by atoms with Crippen LogP contribution in [0.4, 0.5) is 0 Å². The Hall–Kier alpha value is -2.72. The first-order chi connectivity index (χ1) is 29.5. The Bertz CT molecular complexity index is 1900. The van der Waals surface area contributed by atoms with Gasteiger partial charge in [0.25, 0.3) is 0 Å². The van der Waals surface area contributed by atoms with Crippen molar-refractivity contribution < 1.29 is 89.3 Å². The summed E-state index contributed by atoms with van der Waals surface area (Å²) < 4.78 is 43.8. The van der Waals surface area contributed by atoms with Crippen molar-refractivity contribution in [3.05, 3.63) is 35.7 Å². The highest BCUT2D eigenvalue weighted by molar-refractivity contribution is 6.21. The summed E-state index contributed by atoms with van der Waals surface area (Å²) >= 11 is 12.2. The van der Waals surface area contributed by atoms with Crippen molar-refractivity contribution in [3.63, 3.8) is 0 Å². The molecule has 0 aliphatic carbocycles. The van der Waals surface area contributed by atoms with Gasteiger partial charge in [0.2, 0.25) is 5.79 Å². The minimum Gasteiger partial charge on any atom is -0.394 e. The smallest absolute Gasteiger partial charge is 0.214 e. The fourth-order valence-corrected chi connectivity index (χ4v) is 7.92. The Morgan fingerprint density at radius 1 is 0.597 bits per heavy atom. The summed E-state index contributed by atoms with van der Waals surface area (Å²) in [7, 11) is 0. The monoisotopic (exact) mass is 929 g/mol. The van der Waals surface area contributed by atoms with Gasteiger partial charge < -0.3 is 89.3 Å². The molecule has 4 fully saturated rings. The molecule has 4 aliphatic heterocycles. The maximum Gasteiger partial charge on any atom is 0.214 e. The molecule has 11 N–H and O–H groups in total. The van der Waals surface area contributed by atoms with Gasteiger partial charge in [0, 0.05) is 6.20 Å². The summed E-state index contributed by atoms with van der Waals surface area (Å²) in [5.74, 6) is -2.72. The van der Waals surface area contributed by atoms with Crippen molar-refractivity contribution in [2.45, 2.75) is 155 Å². The minimum atomic E-state index is -2.15. The molecule has 0 amide bonds. The van der Waals surface area contributed by atoms with Gasteiger partial charge in [0.05, 0.1) is 68.8 Å². The molecule has 0 radical (unpaired) electrons. The van der Waals surface area contributed by atoms with Gasteiger partial charge in [-0.15, -0.1) is 38.5 Å². The number of aliphatic hydroxyl groups is 11. The second-order valence-electron chi connectivity index (χ2n) is 15.4. The number of alkyl halides is 2. The molecular formula is C33H49Cl2N9O18. The molecule has 4 saturated heterocycles. The number of rotatable bonds is 16. The third-order valence-electron chi connectivity index (χ3n) is 10.9. The third kappa shape index (κ3) is 9.91. The molecule has 0 spiro atoms. The molecule has 2 unspecified atom stereocenters. The van der Waals surface area contributed by atoms with Crippen LogP contribution in [0, 0.1) is 6.92 Å². The molecule has 29 heteroatoms. The van der Waals surface area contributed by atoms with Crippen molar-refractivity contribution in [1.29, 1.82) is 0 Å². The lowest BCUT2D eigenvalue weighted by molar-refractivity contribution is -0.358. The average molecular weight is 931 g/mol. The molecule has 0 saturated carbocycles. The van der Waals surface area contributed by atoms with Crippen molar-refractivity contribution >= 4 is 23.2 Å². The highest BCUT2D eigenvalue weighted by atomic mass is 35.5. The molecule has 3 aromatic heterocycles. The van der Waals surface area contributed by atoms with Crippen LogP contribution >= 0.6 is 23.2 Å². The van der Waals surface area contributed by atoms with Crippen LogP contribution in [0.25, 0.3) is 0 Å². The lowest BCUT2D eigenvalue weighted by atomic mass is 9.99. The second kappa shape index (κ2) is 19.8. The number of hydrogen-bond donors (Lipinski definition) is 11. The Morgan fingerprint density at radius 2 is 1.06 bits per heavy atom. The molecule has 7 heterocycles. The number of ether oxygens (including phenoxy) is 7. The Labute approximate surface area is 360 Å². The van der Waals surface area contributed by atoms with Crippen LogP contribution in [-0.4, -0.2) is 229 Å². The zero-order chi connectivity index (χ0) is 44.6. The molecule has 7 rings (SSSR count). The summed E-state index contributed by atoms with van der Waals surface area (Å²) in [6.45, 7) is 0.0994. The van der Waals surface area contributed by atoms with Crippen molar-refractivity contribution in [3.8, 4) is 0 Å². The summed E-state index contributed by atoms with van der Waals surface area (Å²) in [5, 5.41) is 138. The first-order valence-corrected chi connectivity index (χ1v) is 20.3. The lowest BCUT2D eigenvalue weighted by Gasteiger charge is -2.43. The first kappa shape index (κ1) is 47.2. The molecule has 3 aromatic rings. The number of halogens is 2. The Balaban J connectivity index is 0.906. The van der Waals surface area contributed by atoms with Crippen LogP contribution in [0.2, 0.25) is 0 Å². The molecule has 348 valence electrons. The largest absolute Gasteiger partial charge is 0.394 e. The molecule has 27 nitrogen and oxygen atoms in total. The molecule has 19 atom stereocenters. The van der Waals surface area contributed by atoms with Gasteiger partial charge >= 0.3 is 0 Å². The van der Waals surface area contributed by atoms with E-state index in [-0.39, 0.29) is 44.2 Å². The summed E-state index contributed by atoms with van der Waals surface area (Å²) in [5.41, 5.74) is 1.04. The van der Waals surface area contributed by atoms with Crippen LogP contribution in [0.3, 0.4) is 0 Å². The number of aromatic nitrogens is 9. The van der Waals surface area contributed by atoms with E-state index < -0.39 is 128 Å². The van der Waals surface area contributed by atoms with Gasteiger partial charge in [0.1, 0.15) is 96.8 Å². The minimum absolute atomic E-state index is 0.0136. The van der Waals surface area contributed by atoms with Gasteiger partial charge in [-0.05, 0) is 6.92 Å². The highest BCUT2D eigenvalue weighted by Crippen LogP contribution is 2.38. The van der Waals surface area contributed by atoms with Gasteiger partial charge in [0.15, 0.2) is 18.9 Å². The van der Waals surface area contributed by atoms with Crippen LogP contribution in [0.15, 0.2) is 18.6 Å². The average Bonchev–Trinajstić information content (AvgIpc) is 4.06. The normalized spacial score (nSPS) is 41.5. The van der Waals surface area contributed by atoms with E-state index in [0.717, 1.165) is 0 Å². The number of aryl methyl sites for hydroxylation is 1. The van der Waals surface area contributed by atoms with E-state index in [2.05, 4.69) is 30.9 Å². The van der Waals surface area contributed by atoms with Crippen LogP contribution < -0.4 is 0 Å². The van der Waals surface area contributed by atoms with Crippen molar-refractivity contribution in [1.82, 2.24) is 45.0 Å². The SMILES string of the molecule is Cc1cn(CC2O[C@H](OCc3cn(C[C@H]4O[C@H](OCc5cn(C[C@H]6OC(CCl)(O[C@H]7O[C@H](CO)[C@H](Cl)[C@H](O)[C@H]7O)[C@@H](O)[C@@H]6O)nn5)[C@@H](O)[C@@H](O)[C@@H]4O)nn3)[C@@H](O)[C@@H](O)[C@@H]2O)nn1. The van der Waals surface area contributed by atoms with Gasteiger partial charge in [-0.2, -0.15) is 0 Å². The maximum absolute atomic E-state index is 10.9. The van der Waals surface area contributed by atoms with E-state index in [1.54, 1.807) is 13.1 Å². The van der Waals surface area contributed by atoms with Crippen LogP contribution in [0.5, 0.6) is 0 Å². The Morgan fingerprint density at radius 3 is 1.55 bits per heavy atom.